The first-order chi connectivity index (χ1) is 15.5. The first-order valence-corrected chi connectivity index (χ1v) is 10.5. The van der Waals surface area contributed by atoms with E-state index < -0.39 is 5.97 Å². The van der Waals surface area contributed by atoms with Crippen LogP contribution in [0.4, 0.5) is 4.39 Å². The van der Waals surface area contributed by atoms with Gasteiger partial charge >= 0.3 is 5.97 Å². The van der Waals surface area contributed by atoms with E-state index in [2.05, 4.69) is 15.1 Å². The maximum Gasteiger partial charge on any atom is 0.357 e. The van der Waals surface area contributed by atoms with E-state index in [1.165, 1.54) is 18.5 Å². The number of hydrogen-bond donors (Lipinski definition) is 0. The van der Waals surface area contributed by atoms with Crippen molar-refractivity contribution in [3.63, 3.8) is 0 Å². The number of carbonyl (C=O) groups is 1. The highest BCUT2D eigenvalue weighted by molar-refractivity contribution is 6.35. The molecule has 0 spiro atoms. The van der Waals surface area contributed by atoms with Crippen LogP contribution in [0, 0.1) is 5.82 Å². The Balaban J connectivity index is 1.78. The number of hydrogen-bond acceptors (Lipinski definition) is 5. The third-order valence-corrected chi connectivity index (χ3v) is 5.36. The molecule has 162 valence electrons. The molecule has 32 heavy (non-hydrogen) atoms. The van der Waals surface area contributed by atoms with E-state index in [-0.39, 0.29) is 18.1 Å². The second-order valence-corrected chi connectivity index (χ2v) is 7.64. The van der Waals surface area contributed by atoms with E-state index >= 15 is 0 Å². The third kappa shape index (κ3) is 4.49. The SMILES string of the molecule is CCn1nc(-c2ccc(F)cc2)c(-c2ccncn2)c1C(=O)OCc1ccc(Cl)cc1Cl. The summed E-state index contributed by atoms with van der Waals surface area (Å²) in [6.45, 7) is 2.22. The van der Waals surface area contributed by atoms with Crippen molar-refractivity contribution >= 4 is 29.2 Å². The van der Waals surface area contributed by atoms with Crippen molar-refractivity contribution in [1.82, 2.24) is 19.7 Å². The molecule has 0 aliphatic carbocycles. The maximum absolute atomic E-state index is 13.5. The number of halogens is 3. The van der Waals surface area contributed by atoms with Crippen molar-refractivity contribution in [3.05, 3.63) is 88.2 Å². The largest absolute Gasteiger partial charge is 0.456 e. The Morgan fingerprint density at radius 2 is 1.91 bits per heavy atom. The normalized spacial score (nSPS) is 10.9. The van der Waals surface area contributed by atoms with Crippen molar-refractivity contribution in [1.29, 1.82) is 0 Å². The Morgan fingerprint density at radius 1 is 1.12 bits per heavy atom. The quantitative estimate of drug-likeness (QED) is 0.331. The molecule has 0 N–H and O–H groups in total. The molecule has 4 aromatic rings. The van der Waals surface area contributed by atoms with Gasteiger partial charge in [0, 0.05) is 33.9 Å². The summed E-state index contributed by atoms with van der Waals surface area (Å²) < 4.78 is 20.6. The molecule has 2 aromatic carbocycles. The lowest BCUT2D eigenvalue weighted by Gasteiger charge is -2.10. The number of aromatic nitrogens is 4. The summed E-state index contributed by atoms with van der Waals surface area (Å²) in [5.41, 5.74) is 2.96. The van der Waals surface area contributed by atoms with Crippen molar-refractivity contribution < 1.29 is 13.9 Å². The molecule has 0 atom stereocenters. The molecule has 0 unspecified atom stereocenters. The summed E-state index contributed by atoms with van der Waals surface area (Å²) in [7, 11) is 0. The number of benzene rings is 2. The topological polar surface area (TPSA) is 69.9 Å². The average Bonchev–Trinajstić information content (AvgIpc) is 3.19. The minimum Gasteiger partial charge on any atom is -0.456 e. The van der Waals surface area contributed by atoms with E-state index in [9.17, 15) is 9.18 Å². The van der Waals surface area contributed by atoms with E-state index in [0.717, 1.165) is 0 Å². The third-order valence-electron chi connectivity index (χ3n) is 4.77. The maximum atomic E-state index is 13.5. The summed E-state index contributed by atoms with van der Waals surface area (Å²) in [6, 6.07) is 12.5. The molecule has 0 bridgehead atoms. The Hall–Kier alpha value is -3.29. The zero-order valence-corrected chi connectivity index (χ0v) is 18.4. The Labute approximate surface area is 193 Å². The molecule has 4 rings (SSSR count). The van der Waals surface area contributed by atoms with Gasteiger partial charge in [-0.05, 0) is 49.4 Å². The van der Waals surface area contributed by atoms with Crippen LogP contribution in [0.2, 0.25) is 10.0 Å². The van der Waals surface area contributed by atoms with Crippen LogP contribution < -0.4 is 0 Å². The molecule has 0 aliphatic heterocycles. The zero-order valence-electron chi connectivity index (χ0n) is 16.9. The lowest BCUT2D eigenvalue weighted by atomic mass is 10.0. The standard InChI is InChI=1S/C23H17Cl2FN4O2/c1-2-30-22(23(31)32-12-15-3-6-16(24)11-18(15)25)20(19-9-10-27-13-28-19)21(29-30)14-4-7-17(26)8-5-14/h3-11,13H,2,12H2,1H3. The summed E-state index contributed by atoms with van der Waals surface area (Å²) in [6.07, 6.45) is 2.96. The summed E-state index contributed by atoms with van der Waals surface area (Å²) in [5, 5.41) is 5.49. The highest BCUT2D eigenvalue weighted by atomic mass is 35.5. The fraction of sp³-hybridized carbons (Fsp3) is 0.130. The molecule has 0 saturated heterocycles. The number of rotatable bonds is 6. The minimum absolute atomic E-state index is 0.0428. The van der Waals surface area contributed by atoms with Crippen LogP contribution in [0.15, 0.2) is 61.1 Å². The number of esters is 1. The van der Waals surface area contributed by atoms with Gasteiger partial charge in [-0.25, -0.2) is 19.2 Å². The van der Waals surface area contributed by atoms with E-state index in [4.69, 9.17) is 27.9 Å². The van der Waals surface area contributed by atoms with Crippen molar-refractivity contribution in [3.8, 4) is 22.5 Å². The minimum atomic E-state index is -0.590. The molecule has 9 heteroatoms. The molecule has 0 radical (unpaired) electrons. The molecule has 2 heterocycles. The van der Waals surface area contributed by atoms with Crippen LogP contribution in [0.5, 0.6) is 0 Å². The zero-order chi connectivity index (χ0) is 22.7. The summed E-state index contributed by atoms with van der Waals surface area (Å²) in [5.74, 6) is -0.959. The molecule has 0 aliphatic rings. The smallest absolute Gasteiger partial charge is 0.357 e. The number of aryl methyl sites for hydroxylation is 1. The van der Waals surface area contributed by atoms with Crippen LogP contribution in [-0.2, 0) is 17.9 Å². The molecule has 0 saturated carbocycles. The summed E-state index contributed by atoms with van der Waals surface area (Å²) in [4.78, 5) is 21.5. The Bertz CT molecular complexity index is 1260. The molecule has 6 nitrogen and oxygen atoms in total. The van der Waals surface area contributed by atoms with Crippen molar-refractivity contribution in [2.24, 2.45) is 0 Å². The van der Waals surface area contributed by atoms with Crippen LogP contribution >= 0.6 is 23.2 Å². The number of ether oxygens (including phenoxy) is 1. The lowest BCUT2D eigenvalue weighted by molar-refractivity contribution is 0.0459. The predicted octanol–water partition coefficient (Wildman–Crippen LogP) is 5.83. The van der Waals surface area contributed by atoms with E-state index in [1.54, 1.807) is 47.3 Å². The van der Waals surface area contributed by atoms with Crippen LogP contribution in [0.25, 0.3) is 22.5 Å². The highest BCUT2D eigenvalue weighted by Crippen LogP contribution is 2.34. The van der Waals surface area contributed by atoms with Crippen molar-refractivity contribution in [2.45, 2.75) is 20.1 Å². The molecule has 0 amide bonds. The van der Waals surface area contributed by atoms with Crippen LogP contribution in [0.1, 0.15) is 23.0 Å². The van der Waals surface area contributed by atoms with Gasteiger partial charge in [-0.15, -0.1) is 0 Å². The fourth-order valence-electron chi connectivity index (χ4n) is 3.24. The molecular formula is C23H17Cl2FN4O2. The second kappa shape index (κ2) is 9.46. The highest BCUT2D eigenvalue weighted by Gasteiger charge is 2.27. The summed E-state index contributed by atoms with van der Waals surface area (Å²) >= 11 is 12.1. The van der Waals surface area contributed by atoms with Crippen molar-refractivity contribution in [2.75, 3.05) is 0 Å². The fourth-order valence-corrected chi connectivity index (χ4v) is 3.70. The average molecular weight is 471 g/mol. The number of nitrogens with zero attached hydrogens (tertiary/aromatic N) is 4. The van der Waals surface area contributed by atoms with Gasteiger partial charge in [-0.1, -0.05) is 29.3 Å². The first kappa shape index (κ1) is 21.9. The van der Waals surface area contributed by atoms with Gasteiger partial charge in [0.05, 0.1) is 11.3 Å². The van der Waals surface area contributed by atoms with Crippen LogP contribution in [-0.4, -0.2) is 25.7 Å². The van der Waals surface area contributed by atoms with Gasteiger partial charge in [-0.3, -0.25) is 4.68 Å². The van der Waals surface area contributed by atoms with Gasteiger partial charge in [0.15, 0.2) is 5.69 Å². The van der Waals surface area contributed by atoms with Gasteiger partial charge in [0.1, 0.15) is 24.4 Å². The Morgan fingerprint density at radius 3 is 2.56 bits per heavy atom. The second-order valence-electron chi connectivity index (χ2n) is 6.80. The monoisotopic (exact) mass is 470 g/mol. The molecular weight excluding hydrogens is 454 g/mol. The van der Waals surface area contributed by atoms with Crippen LogP contribution in [0.3, 0.4) is 0 Å². The van der Waals surface area contributed by atoms with E-state index in [1.807, 2.05) is 6.92 Å². The van der Waals surface area contributed by atoms with Gasteiger partial charge in [0.2, 0.25) is 0 Å². The lowest BCUT2D eigenvalue weighted by Crippen LogP contribution is -2.14. The van der Waals surface area contributed by atoms with Gasteiger partial charge in [-0.2, -0.15) is 5.10 Å². The van der Waals surface area contributed by atoms with Gasteiger partial charge < -0.3 is 4.74 Å². The molecule has 2 aromatic heterocycles. The predicted molar refractivity (Wildman–Crippen MR) is 120 cm³/mol. The van der Waals surface area contributed by atoms with E-state index in [0.29, 0.717) is 44.7 Å². The first-order valence-electron chi connectivity index (χ1n) is 9.72. The Kier molecular flexibility index (Phi) is 6.48. The molecule has 0 fully saturated rings. The number of carbonyl (C=O) groups excluding carboxylic acids is 1. The van der Waals surface area contributed by atoms with Gasteiger partial charge in [0.25, 0.3) is 0 Å².